The van der Waals surface area contributed by atoms with Crippen LogP contribution in [0.1, 0.15) is 33.5 Å². The summed E-state index contributed by atoms with van der Waals surface area (Å²) in [6, 6.07) is 11.8. The van der Waals surface area contributed by atoms with Crippen LogP contribution in [0.5, 0.6) is 0 Å². The minimum Gasteiger partial charge on any atom is -0.352 e. The van der Waals surface area contributed by atoms with Crippen molar-refractivity contribution in [2.45, 2.75) is 32.9 Å². The number of fused-ring (bicyclic) bond motifs is 1. The van der Waals surface area contributed by atoms with Gasteiger partial charge in [0.05, 0.1) is 6.42 Å². The molecule has 0 saturated heterocycles. The fourth-order valence-electron chi connectivity index (χ4n) is 3.81. The molecule has 0 aliphatic carbocycles. The Morgan fingerprint density at radius 1 is 1.23 bits per heavy atom. The van der Waals surface area contributed by atoms with Gasteiger partial charge in [0.25, 0.3) is 0 Å². The van der Waals surface area contributed by atoms with Crippen molar-refractivity contribution in [1.82, 2.24) is 15.2 Å². The molecule has 0 radical (unpaired) electrons. The van der Waals surface area contributed by atoms with Gasteiger partial charge in [-0.05, 0) is 64.1 Å². The van der Waals surface area contributed by atoms with E-state index in [-0.39, 0.29) is 11.8 Å². The second-order valence-electron chi connectivity index (χ2n) is 7.66. The van der Waals surface area contributed by atoms with Gasteiger partial charge in [-0.1, -0.05) is 30.3 Å². The highest BCUT2D eigenvalue weighted by Gasteiger charge is 2.23. The van der Waals surface area contributed by atoms with E-state index in [1.807, 2.05) is 71.3 Å². The molecule has 3 aromatic rings. The second kappa shape index (κ2) is 9.71. The van der Waals surface area contributed by atoms with E-state index < -0.39 is 0 Å². The van der Waals surface area contributed by atoms with Crippen LogP contribution in [0.4, 0.5) is 0 Å². The zero-order valence-electron chi connectivity index (χ0n) is 17.5. The quantitative estimate of drug-likeness (QED) is 0.602. The van der Waals surface area contributed by atoms with Crippen molar-refractivity contribution in [1.29, 1.82) is 0 Å². The van der Waals surface area contributed by atoms with Crippen molar-refractivity contribution >= 4 is 29.2 Å². The van der Waals surface area contributed by atoms with E-state index in [9.17, 15) is 9.59 Å². The maximum absolute atomic E-state index is 12.7. The first-order chi connectivity index (χ1) is 15.1. The number of hydrogen-bond acceptors (Lipinski definition) is 4. The molecule has 3 heterocycles. The number of pyridine rings is 1. The Kier molecular flexibility index (Phi) is 6.57. The molecule has 2 amide bonds. The SMILES string of the molecule is Cc1ncc2c(c1CNC(=O)Cc1ccsc1)CCN(C(=O)/C=C/c1ccccc1)C2. The lowest BCUT2D eigenvalue weighted by Gasteiger charge is -2.30. The van der Waals surface area contributed by atoms with Gasteiger partial charge >= 0.3 is 0 Å². The minimum absolute atomic E-state index is 0.000642. The number of rotatable bonds is 6. The van der Waals surface area contributed by atoms with Crippen molar-refractivity contribution in [2.24, 2.45) is 0 Å². The summed E-state index contributed by atoms with van der Waals surface area (Å²) in [5.74, 6) is 0.00904. The lowest BCUT2D eigenvalue weighted by atomic mass is 9.94. The number of carbonyl (C=O) groups is 2. The predicted octanol–water partition coefficient (Wildman–Crippen LogP) is 3.91. The van der Waals surface area contributed by atoms with Gasteiger partial charge in [0, 0.05) is 37.6 Å². The van der Waals surface area contributed by atoms with Gasteiger partial charge in [-0.2, -0.15) is 11.3 Å². The predicted molar refractivity (Wildman–Crippen MR) is 123 cm³/mol. The Morgan fingerprint density at radius 2 is 2.06 bits per heavy atom. The van der Waals surface area contributed by atoms with Gasteiger partial charge in [-0.25, -0.2) is 0 Å². The number of benzene rings is 1. The second-order valence-corrected chi connectivity index (χ2v) is 8.44. The number of aryl methyl sites for hydroxylation is 1. The van der Waals surface area contributed by atoms with E-state index in [0.29, 0.717) is 26.1 Å². The fraction of sp³-hybridized carbons (Fsp3) is 0.240. The van der Waals surface area contributed by atoms with Crippen LogP contribution in [0, 0.1) is 6.92 Å². The number of nitrogens with one attached hydrogen (secondary N) is 1. The Hall–Kier alpha value is -3.25. The molecule has 0 unspecified atom stereocenters. The van der Waals surface area contributed by atoms with Gasteiger partial charge < -0.3 is 10.2 Å². The highest BCUT2D eigenvalue weighted by Crippen LogP contribution is 2.24. The third kappa shape index (κ3) is 5.27. The summed E-state index contributed by atoms with van der Waals surface area (Å²) >= 11 is 1.59. The van der Waals surface area contributed by atoms with Crippen LogP contribution >= 0.6 is 11.3 Å². The summed E-state index contributed by atoms with van der Waals surface area (Å²) in [7, 11) is 0. The monoisotopic (exact) mass is 431 g/mol. The molecule has 1 aromatic carbocycles. The molecule has 2 aromatic heterocycles. The van der Waals surface area contributed by atoms with Crippen molar-refractivity contribution in [2.75, 3.05) is 6.54 Å². The van der Waals surface area contributed by atoms with Gasteiger partial charge in [0.15, 0.2) is 0 Å². The topological polar surface area (TPSA) is 62.3 Å². The van der Waals surface area contributed by atoms with Crippen LogP contribution < -0.4 is 5.32 Å². The van der Waals surface area contributed by atoms with E-state index in [4.69, 9.17) is 0 Å². The molecule has 4 rings (SSSR count). The number of amides is 2. The highest BCUT2D eigenvalue weighted by molar-refractivity contribution is 7.08. The van der Waals surface area contributed by atoms with Crippen LogP contribution in [-0.2, 0) is 35.5 Å². The maximum atomic E-state index is 12.7. The molecular weight excluding hydrogens is 406 g/mol. The zero-order valence-corrected chi connectivity index (χ0v) is 18.3. The molecule has 0 spiro atoms. The Morgan fingerprint density at radius 3 is 2.84 bits per heavy atom. The van der Waals surface area contributed by atoms with Crippen LogP contribution in [0.3, 0.4) is 0 Å². The van der Waals surface area contributed by atoms with E-state index in [1.54, 1.807) is 17.4 Å². The summed E-state index contributed by atoms with van der Waals surface area (Å²) in [5.41, 5.74) is 6.30. The van der Waals surface area contributed by atoms with Gasteiger partial charge in [-0.15, -0.1) is 0 Å². The first-order valence-electron chi connectivity index (χ1n) is 10.4. The Balaban J connectivity index is 1.41. The molecule has 31 heavy (non-hydrogen) atoms. The van der Waals surface area contributed by atoms with E-state index >= 15 is 0 Å². The molecule has 1 N–H and O–H groups in total. The number of carbonyl (C=O) groups excluding carboxylic acids is 2. The fourth-order valence-corrected chi connectivity index (χ4v) is 4.48. The Bertz CT molecular complexity index is 1090. The number of hydrogen-bond donors (Lipinski definition) is 1. The standard InChI is InChI=1S/C25H25N3O2S/c1-18-23(15-27-24(29)13-20-10-12-31-17-20)22-9-11-28(16-21(22)14-26-18)25(30)8-7-19-5-3-2-4-6-19/h2-8,10,12,14,17H,9,11,13,15-16H2,1H3,(H,27,29)/b8-7+. The summed E-state index contributed by atoms with van der Waals surface area (Å²) in [6.45, 7) is 3.63. The van der Waals surface area contributed by atoms with Gasteiger partial charge in [0.1, 0.15) is 0 Å². The average molecular weight is 432 g/mol. The molecule has 0 saturated carbocycles. The van der Waals surface area contributed by atoms with E-state index in [1.165, 1.54) is 5.56 Å². The highest BCUT2D eigenvalue weighted by atomic mass is 32.1. The summed E-state index contributed by atoms with van der Waals surface area (Å²) in [6.07, 6.45) is 6.50. The van der Waals surface area contributed by atoms with Crippen LogP contribution in [0.15, 0.2) is 59.4 Å². The number of nitrogens with zero attached hydrogens (tertiary/aromatic N) is 2. The van der Waals surface area contributed by atoms with Crippen molar-refractivity contribution < 1.29 is 9.59 Å². The molecule has 0 atom stereocenters. The Labute approximate surface area is 186 Å². The largest absolute Gasteiger partial charge is 0.352 e. The van der Waals surface area contributed by atoms with Crippen molar-refractivity contribution in [3.8, 4) is 0 Å². The normalized spacial score (nSPS) is 13.3. The molecule has 6 heteroatoms. The molecule has 1 aliphatic rings. The van der Waals surface area contributed by atoms with Crippen molar-refractivity contribution in [3.05, 3.63) is 92.9 Å². The zero-order chi connectivity index (χ0) is 21.6. The molecule has 158 valence electrons. The smallest absolute Gasteiger partial charge is 0.246 e. The first kappa shape index (κ1) is 21.0. The summed E-state index contributed by atoms with van der Waals surface area (Å²) < 4.78 is 0. The van der Waals surface area contributed by atoms with E-state index in [0.717, 1.165) is 34.4 Å². The van der Waals surface area contributed by atoms with E-state index in [2.05, 4.69) is 10.3 Å². The van der Waals surface area contributed by atoms with Crippen LogP contribution in [-0.4, -0.2) is 28.2 Å². The molecule has 1 aliphatic heterocycles. The first-order valence-corrected chi connectivity index (χ1v) is 11.3. The lowest BCUT2D eigenvalue weighted by molar-refractivity contribution is -0.126. The number of thiophene rings is 1. The van der Waals surface area contributed by atoms with Crippen molar-refractivity contribution in [3.63, 3.8) is 0 Å². The minimum atomic E-state index is 0.000642. The van der Waals surface area contributed by atoms with Crippen LogP contribution in [0.25, 0.3) is 6.08 Å². The molecule has 0 bridgehead atoms. The van der Waals surface area contributed by atoms with Gasteiger partial charge in [-0.3, -0.25) is 14.6 Å². The molecule has 5 nitrogen and oxygen atoms in total. The summed E-state index contributed by atoms with van der Waals surface area (Å²) in [5, 5.41) is 7.01. The maximum Gasteiger partial charge on any atom is 0.246 e. The molecular formula is C25H25N3O2S. The lowest BCUT2D eigenvalue weighted by Crippen LogP contribution is -2.36. The third-order valence-corrected chi connectivity index (χ3v) is 6.26. The number of aromatic nitrogens is 1. The average Bonchev–Trinajstić information content (AvgIpc) is 3.30. The van der Waals surface area contributed by atoms with Gasteiger partial charge in [0.2, 0.25) is 11.8 Å². The summed E-state index contributed by atoms with van der Waals surface area (Å²) in [4.78, 5) is 31.3. The third-order valence-electron chi connectivity index (χ3n) is 5.53. The van der Waals surface area contributed by atoms with Crippen LogP contribution in [0.2, 0.25) is 0 Å². The molecule has 0 fully saturated rings.